The van der Waals surface area contributed by atoms with Gasteiger partial charge >= 0.3 is 0 Å². The van der Waals surface area contributed by atoms with Gasteiger partial charge in [-0.05, 0) is 17.7 Å². The Balaban J connectivity index is 2.67. The maximum Gasteiger partial charge on any atom is 0.270 e. The molecule has 1 aliphatic rings. The number of carbonyl (C=O) groups excluding carboxylic acids is 1. The van der Waals surface area contributed by atoms with Gasteiger partial charge in [-0.3, -0.25) is 4.79 Å². The minimum Gasteiger partial charge on any atom is -0.376 e. The molecule has 0 saturated carbocycles. The normalized spacial score (nSPS) is 18.1. The van der Waals surface area contributed by atoms with Crippen molar-refractivity contribution in [3.63, 3.8) is 0 Å². The summed E-state index contributed by atoms with van der Waals surface area (Å²) < 4.78 is 23.3. The number of nitrogens with one attached hydrogen (secondary N) is 1. The molecule has 80 valence electrons. The lowest BCUT2D eigenvalue weighted by Crippen LogP contribution is -2.29. The van der Waals surface area contributed by atoms with Gasteiger partial charge < -0.3 is 11.1 Å². The van der Waals surface area contributed by atoms with Gasteiger partial charge in [0.2, 0.25) is 9.84 Å². The number of fused-ring (bicyclic) bond motifs is 1. The first kappa shape index (κ1) is 10.1. The maximum atomic E-state index is 11.6. The lowest BCUT2D eigenvalue weighted by atomic mass is 10.2. The number of carbonyl (C=O) groups is 1. The van der Waals surface area contributed by atoms with Crippen molar-refractivity contribution in [3.05, 3.63) is 23.8 Å². The number of hydrogen-bond acceptors (Lipinski definition) is 5. The SMILES string of the molecule is NCc1ccc2c(c1)S(=O)(=O)C(=O)CN2. The van der Waals surface area contributed by atoms with Gasteiger partial charge in [0, 0.05) is 6.54 Å². The van der Waals surface area contributed by atoms with E-state index in [0.717, 1.165) is 0 Å². The fourth-order valence-corrected chi connectivity index (χ4v) is 2.69. The third kappa shape index (κ3) is 1.51. The lowest BCUT2D eigenvalue weighted by Gasteiger charge is -2.17. The molecule has 0 amide bonds. The van der Waals surface area contributed by atoms with Gasteiger partial charge in [0.05, 0.1) is 17.1 Å². The Labute approximate surface area is 87.2 Å². The summed E-state index contributed by atoms with van der Waals surface area (Å²) in [7, 11) is -3.81. The van der Waals surface area contributed by atoms with Crippen molar-refractivity contribution < 1.29 is 13.2 Å². The topological polar surface area (TPSA) is 89.3 Å². The second-order valence-corrected chi connectivity index (χ2v) is 5.17. The highest BCUT2D eigenvalue weighted by atomic mass is 32.2. The number of rotatable bonds is 1. The predicted octanol–water partition coefficient (Wildman–Crippen LogP) is -0.129. The zero-order chi connectivity index (χ0) is 11.1. The Kier molecular flexibility index (Phi) is 2.24. The molecule has 1 aromatic carbocycles. The van der Waals surface area contributed by atoms with E-state index in [1.54, 1.807) is 12.1 Å². The fourth-order valence-electron chi connectivity index (χ4n) is 1.45. The molecule has 0 aliphatic carbocycles. The third-order valence-electron chi connectivity index (χ3n) is 2.29. The summed E-state index contributed by atoms with van der Waals surface area (Å²) in [6, 6.07) is 4.80. The summed E-state index contributed by atoms with van der Waals surface area (Å²) in [5.74, 6) is 0. The van der Waals surface area contributed by atoms with Crippen LogP contribution in [0.15, 0.2) is 23.1 Å². The standard InChI is InChI=1S/C9H10N2O3S/c10-4-6-1-2-7-8(3-6)15(13,14)9(12)5-11-7/h1-3,11H,4-5,10H2. The number of anilines is 1. The molecule has 0 atom stereocenters. The van der Waals surface area contributed by atoms with Crippen molar-refractivity contribution in [2.45, 2.75) is 11.4 Å². The molecule has 2 rings (SSSR count). The van der Waals surface area contributed by atoms with Crippen LogP contribution in [0, 0.1) is 0 Å². The smallest absolute Gasteiger partial charge is 0.270 e. The van der Waals surface area contributed by atoms with Crippen LogP contribution in [0.5, 0.6) is 0 Å². The minimum atomic E-state index is -3.81. The molecule has 0 radical (unpaired) electrons. The molecule has 3 N–H and O–H groups in total. The van der Waals surface area contributed by atoms with Crippen LogP contribution in [0.2, 0.25) is 0 Å². The van der Waals surface area contributed by atoms with Gasteiger partial charge in [-0.15, -0.1) is 0 Å². The molecule has 0 aromatic heterocycles. The van der Waals surface area contributed by atoms with Crippen LogP contribution >= 0.6 is 0 Å². The van der Waals surface area contributed by atoms with Crippen LogP contribution in [-0.2, 0) is 21.2 Å². The van der Waals surface area contributed by atoms with Crippen molar-refractivity contribution >= 4 is 20.6 Å². The predicted molar refractivity (Wildman–Crippen MR) is 55.0 cm³/mol. The monoisotopic (exact) mass is 226 g/mol. The Morgan fingerprint density at radius 1 is 1.40 bits per heavy atom. The summed E-state index contributed by atoms with van der Waals surface area (Å²) in [6.07, 6.45) is 0. The van der Waals surface area contributed by atoms with Gasteiger partial charge in [-0.25, -0.2) is 8.42 Å². The van der Waals surface area contributed by atoms with Crippen LogP contribution in [0.3, 0.4) is 0 Å². The fraction of sp³-hybridized carbons (Fsp3) is 0.222. The molecule has 1 aromatic rings. The minimum absolute atomic E-state index is 0.0294. The van der Waals surface area contributed by atoms with E-state index in [9.17, 15) is 13.2 Å². The Morgan fingerprint density at radius 2 is 2.13 bits per heavy atom. The maximum absolute atomic E-state index is 11.6. The van der Waals surface area contributed by atoms with Gasteiger partial charge in [0.1, 0.15) is 0 Å². The van der Waals surface area contributed by atoms with Gasteiger partial charge in [-0.2, -0.15) is 0 Å². The molecule has 5 nitrogen and oxygen atoms in total. The van der Waals surface area contributed by atoms with Crippen molar-refractivity contribution in [2.24, 2.45) is 5.73 Å². The van der Waals surface area contributed by atoms with Crippen molar-refractivity contribution in [3.8, 4) is 0 Å². The number of benzene rings is 1. The van der Waals surface area contributed by atoms with E-state index < -0.39 is 15.0 Å². The first-order chi connectivity index (χ1) is 7.05. The number of hydrogen-bond donors (Lipinski definition) is 2. The first-order valence-corrected chi connectivity index (χ1v) is 5.89. The highest BCUT2D eigenvalue weighted by molar-refractivity contribution is 8.06. The molecule has 1 aliphatic heterocycles. The largest absolute Gasteiger partial charge is 0.376 e. The molecule has 0 fully saturated rings. The summed E-state index contributed by atoms with van der Waals surface area (Å²) in [5, 5.41) is 1.95. The van der Waals surface area contributed by atoms with Crippen LogP contribution in [0.4, 0.5) is 5.69 Å². The molecule has 0 unspecified atom stereocenters. The van der Waals surface area contributed by atoms with Gasteiger partial charge in [0.25, 0.3) is 5.12 Å². The first-order valence-electron chi connectivity index (χ1n) is 4.40. The molecular weight excluding hydrogens is 216 g/mol. The van der Waals surface area contributed by atoms with E-state index in [-0.39, 0.29) is 18.0 Å². The van der Waals surface area contributed by atoms with Crippen LogP contribution < -0.4 is 11.1 Å². The van der Waals surface area contributed by atoms with Crippen molar-refractivity contribution in [1.29, 1.82) is 0 Å². The number of nitrogens with two attached hydrogens (primary N) is 1. The molecule has 0 saturated heterocycles. The zero-order valence-corrected chi connectivity index (χ0v) is 8.67. The van der Waals surface area contributed by atoms with E-state index in [2.05, 4.69) is 5.32 Å². The van der Waals surface area contributed by atoms with Gasteiger partial charge in [0.15, 0.2) is 0 Å². The second-order valence-electron chi connectivity index (χ2n) is 3.26. The van der Waals surface area contributed by atoms with E-state index >= 15 is 0 Å². The summed E-state index contributed by atoms with van der Waals surface area (Å²) in [6.45, 7) is 0.0777. The molecular formula is C9H10N2O3S. The quantitative estimate of drug-likeness (QED) is 0.696. The highest BCUT2D eigenvalue weighted by Gasteiger charge is 2.31. The summed E-state index contributed by atoms with van der Waals surface area (Å²) >= 11 is 0. The van der Waals surface area contributed by atoms with Crippen LogP contribution in [0.25, 0.3) is 0 Å². The van der Waals surface area contributed by atoms with Crippen LogP contribution in [-0.4, -0.2) is 20.1 Å². The van der Waals surface area contributed by atoms with Gasteiger partial charge in [-0.1, -0.05) is 6.07 Å². The van der Waals surface area contributed by atoms with Crippen molar-refractivity contribution in [1.82, 2.24) is 0 Å². The average Bonchev–Trinajstić information content (AvgIpc) is 2.24. The molecule has 0 bridgehead atoms. The Morgan fingerprint density at radius 3 is 2.80 bits per heavy atom. The van der Waals surface area contributed by atoms with E-state index in [1.165, 1.54) is 6.07 Å². The lowest BCUT2D eigenvalue weighted by molar-refractivity contribution is -0.110. The zero-order valence-electron chi connectivity index (χ0n) is 7.86. The summed E-state index contributed by atoms with van der Waals surface area (Å²) in [4.78, 5) is 11.2. The summed E-state index contributed by atoms with van der Waals surface area (Å²) in [5.41, 5.74) is 6.56. The molecule has 0 spiro atoms. The molecule has 1 heterocycles. The van der Waals surface area contributed by atoms with E-state index in [4.69, 9.17) is 5.73 Å². The highest BCUT2D eigenvalue weighted by Crippen LogP contribution is 2.27. The van der Waals surface area contributed by atoms with Crippen LogP contribution in [0.1, 0.15) is 5.56 Å². The second kappa shape index (κ2) is 3.32. The van der Waals surface area contributed by atoms with E-state index in [0.29, 0.717) is 11.3 Å². The third-order valence-corrected chi connectivity index (χ3v) is 3.95. The van der Waals surface area contributed by atoms with E-state index in [1.807, 2.05) is 0 Å². The molecule has 15 heavy (non-hydrogen) atoms. The Bertz CT molecular complexity index is 522. The molecule has 6 heteroatoms. The Hall–Kier alpha value is -1.40. The number of sulfone groups is 1. The average molecular weight is 226 g/mol. The van der Waals surface area contributed by atoms with Crippen molar-refractivity contribution in [2.75, 3.05) is 11.9 Å².